The molecular formula is C43H52FN9O5. The van der Waals surface area contributed by atoms with Crippen molar-refractivity contribution < 1.29 is 28.1 Å². The van der Waals surface area contributed by atoms with Crippen molar-refractivity contribution in [3.63, 3.8) is 0 Å². The fourth-order valence-corrected chi connectivity index (χ4v) is 6.89. The minimum absolute atomic E-state index is 0.0487. The Labute approximate surface area is 339 Å². The van der Waals surface area contributed by atoms with Gasteiger partial charge in [0.1, 0.15) is 23.1 Å². The Hall–Kier alpha value is -6.09. The van der Waals surface area contributed by atoms with Gasteiger partial charge in [-0.1, -0.05) is 37.6 Å². The van der Waals surface area contributed by atoms with E-state index in [1.807, 2.05) is 61.5 Å². The van der Waals surface area contributed by atoms with E-state index in [2.05, 4.69) is 40.9 Å². The molecule has 1 aliphatic rings. The number of benzene rings is 2. The predicted molar refractivity (Wildman–Crippen MR) is 220 cm³/mol. The Morgan fingerprint density at radius 2 is 1.59 bits per heavy atom. The zero-order chi connectivity index (χ0) is 41.2. The molecule has 3 aromatic heterocycles. The number of methoxy groups -OCH3 is 3. The van der Waals surface area contributed by atoms with Gasteiger partial charge < -0.3 is 34.1 Å². The lowest BCUT2D eigenvalue weighted by Gasteiger charge is -2.42. The summed E-state index contributed by atoms with van der Waals surface area (Å²) in [6.07, 6.45) is 4.81. The first-order valence-corrected chi connectivity index (χ1v) is 19.5. The maximum Gasteiger partial charge on any atom is 0.409 e. The van der Waals surface area contributed by atoms with E-state index in [1.165, 1.54) is 19.4 Å². The second-order valence-electron chi connectivity index (χ2n) is 14.2. The summed E-state index contributed by atoms with van der Waals surface area (Å²) >= 11 is 0. The van der Waals surface area contributed by atoms with Crippen molar-refractivity contribution in [2.45, 2.75) is 65.7 Å². The van der Waals surface area contributed by atoms with Gasteiger partial charge in [0.25, 0.3) is 0 Å². The first-order valence-electron chi connectivity index (χ1n) is 19.5. The Kier molecular flexibility index (Phi) is 13.9. The molecule has 1 unspecified atom stereocenters. The zero-order valence-electron chi connectivity index (χ0n) is 34.2. The van der Waals surface area contributed by atoms with Crippen LogP contribution in [0, 0.1) is 12.7 Å². The number of rotatable bonds is 16. The molecule has 2 aromatic carbocycles. The summed E-state index contributed by atoms with van der Waals surface area (Å²) in [5.41, 5.74) is 3.94. The van der Waals surface area contributed by atoms with Crippen molar-refractivity contribution in [1.82, 2.24) is 34.7 Å². The quantitative estimate of drug-likeness (QED) is 0.0975. The van der Waals surface area contributed by atoms with Crippen LogP contribution in [0.15, 0.2) is 73.1 Å². The highest BCUT2D eigenvalue weighted by molar-refractivity contribution is 5.75. The second-order valence-corrected chi connectivity index (χ2v) is 14.2. The highest BCUT2D eigenvalue weighted by Gasteiger charge is 2.31. The third-order valence-electron chi connectivity index (χ3n) is 10.1. The van der Waals surface area contributed by atoms with Crippen LogP contribution >= 0.6 is 0 Å². The molecule has 0 radical (unpaired) electrons. The predicted octanol–water partition coefficient (Wildman–Crippen LogP) is 7.76. The standard InChI is InChI=1S/C43H52FN9O5/c1-8-9-20-58-43(54)51-18-19-53(28(2)25-51)29(3)33-21-37(39(45-23-33)49-34-22-38(44)41(57-7)46-24-34)40-47-30(4)48-42(50-40)52(26-31-10-14-35(55-5)15-11-31)27-32-12-16-36(56-6)17-13-32/h10-17,21-24,28-29H,8-9,18-20,25-27H2,1-7H3,(H,45,49)/t28?,29-/m1/s1. The van der Waals surface area contributed by atoms with Crippen LogP contribution in [-0.4, -0.2) is 94.4 Å². The number of piperazine rings is 1. The maximum absolute atomic E-state index is 14.8. The summed E-state index contributed by atoms with van der Waals surface area (Å²) in [5.74, 6) is 2.56. The Bertz CT molecular complexity index is 2090. The van der Waals surface area contributed by atoms with Gasteiger partial charge >= 0.3 is 6.09 Å². The third kappa shape index (κ3) is 10.3. The first kappa shape index (κ1) is 41.5. The van der Waals surface area contributed by atoms with Gasteiger partial charge in [-0.15, -0.1) is 0 Å². The smallest absolute Gasteiger partial charge is 0.409 e. The highest BCUT2D eigenvalue weighted by Crippen LogP contribution is 2.34. The number of ether oxygens (including phenoxy) is 4. The van der Waals surface area contributed by atoms with Crippen LogP contribution < -0.4 is 24.4 Å². The summed E-state index contributed by atoms with van der Waals surface area (Å²) in [5, 5.41) is 3.25. The molecule has 1 aliphatic heterocycles. The van der Waals surface area contributed by atoms with E-state index < -0.39 is 5.82 Å². The first-order chi connectivity index (χ1) is 28.1. The molecule has 5 aromatic rings. The molecule has 1 saturated heterocycles. The van der Waals surface area contributed by atoms with Crippen molar-refractivity contribution in [3.05, 3.63) is 101 Å². The fourth-order valence-electron chi connectivity index (χ4n) is 6.89. The van der Waals surface area contributed by atoms with Gasteiger partial charge in [-0.05, 0) is 74.2 Å². The third-order valence-corrected chi connectivity index (χ3v) is 10.1. The molecule has 6 rings (SSSR count). The summed E-state index contributed by atoms with van der Waals surface area (Å²) < 4.78 is 36.2. The Morgan fingerprint density at radius 1 is 0.914 bits per heavy atom. The van der Waals surface area contributed by atoms with Crippen LogP contribution in [0.1, 0.15) is 62.2 Å². The van der Waals surface area contributed by atoms with Gasteiger partial charge in [0.2, 0.25) is 11.8 Å². The van der Waals surface area contributed by atoms with Crippen LogP contribution in [0.4, 0.5) is 26.6 Å². The second kappa shape index (κ2) is 19.4. The maximum atomic E-state index is 14.8. The average Bonchev–Trinajstić information content (AvgIpc) is 3.23. The minimum atomic E-state index is -0.618. The lowest BCUT2D eigenvalue weighted by molar-refractivity contribution is 0.0384. The van der Waals surface area contributed by atoms with Gasteiger partial charge in [0.05, 0.1) is 45.4 Å². The number of nitrogens with one attached hydrogen (secondary N) is 1. The van der Waals surface area contributed by atoms with Crippen LogP contribution in [0.25, 0.3) is 11.4 Å². The van der Waals surface area contributed by atoms with E-state index in [4.69, 9.17) is 38.9 Å². The number of carbonyl (C=O) groups is 1. The molecule has 0 spiro atoms. The molecule has 0 saturated carbocycles. The molecule has 2 atom stereocenters. The molecule has 58 heavy (non-hydrogen) atoms. The van der Waals surface area contributed by atoms with Gasteiger partial charge in [-0.2, -0.15) is 9.97 Å². The number of anilines is 3. The van der Waals surface area contributed by atoms with E-state index in [0.29, 0.717) is 74.0 Å². The normalized spacial score (nSPS) is 14.8. The Morgan fingerprint density at radius 3 is 2.17 bits per heavy atom. The molecule has 0 bridgehead atoms. The van der Waals surface area contributed by atoms with Gasteiger partial charge in [-0.3, -0.25) is 4.90 Å². The van der Waals surface area contributed by atoms with Crippen molar-refractivity contribution in [2.75, 3.05) is 57.8 Å². The van der Waals surface area contributed by atoms with E-state index in [1.54, 1.807) is 25.3 Å². The van der Waals surface area contributed by atoms with Crippen molar-refractivity contribution >= 4 is 23.5 Å². The largest absolute Gasteiger partial charge is 0.497 e. The van der Waals surface area contributed by atoms with Gasteiger partial charge in [-0.25, -0.2) is 24.1 Å². The van der Waals surface area contributed by atoms with Crippen molar-refractivity contribution in [1.29, 1.82) is 0 Å². The number of hydrogen-bond acceptors (Lipinski definition) is 13. The number of unbranched alkanes of at least 4 members (excludes halogenated alkanes) is 1. The molecule has 0 aliphatic carbocycles. The number of halogens is 1. The lowest BCUT2D eigenvalue weighted by Crippen LogP contribution is -2.54. The lowest BCUT2D eigenvalue weighted by atomic mass is 10.0. The number of nitrogens with zero attached hydrogens (tertiary/aromatic N) is 8. The van der Waals surface area contributed by atoms with Crippen LogP contribution in [0.2, 0.25) is 0 Å². The zero-order valence-corrected chi connectivity index (χ0v) is 34.2. The summed E-state index contributed by atoms with van der Waals surface area (Å²) in [6.45, 7) is 11.3. The molecule has 1 N–H and O–H groups in total. The van der Waals surface area contributed by atoms with Crippen LogP contribution in [0.5, 0.6) is 17.4 Å². The monoisotopic (exact) mass is 793 g/mol. The molecule has 306 valence electrons. The number of amides is 1. The number of hydrogen-bond donors (Lipinski definition) is 1. The summed E-state index contributed by atoms with van der Waals surface area (Å²) in [7, 11) is 4.65. The molecule has 1 fully saturated rings. The summed E-state index contributed by atoms with van der Waals surface area (Å²) in [4.78, 5) is 42.7. The number of pyridine rings is 2. The van der Waals surface area contributed by atoms with E-state index in [9.17, 15) is 9.18 Å². The molecular weight excluding hydrogens is 742 g/mol. The van der Waals surface area contributed by atoms with E-state index in [0.717, 1.165) is 41.0 Å². The topological polar surface area (TPSA) is 140 Å². The number of carbonyl (C=O) groups excluding carboxylic acids is 1. The van der Waals surface area contributed by atoms with E-state index in [-0.39, 0.29) is 24.1 Å². The van der Waals surface area contributed by atoms with Gasteiger partial charge in [0.15, 0.2) is 11.6 Å². The van der Waals surface area contributed by atoms with Crippen molar-refractivity contribution in [2.24, 2.45) is 0 Å². The molecule has 1 amide bonds. The van der Waals surface area contributed by atoms with Crippen LogP contribution in [-0.2, 0) is 17.8 Å². The SMILES string of the molecule is CCCCOC(=O)N1CCN([C@H](C)c2cnc(Nc3cnc(OC)c(F)c3)c(-c3nc(C)nc(N(Cc4ccc(OC)cc4)Cc4ccc(OC)cc4)n3)c2)C(C)C1. The number of aromatic nitrogens is 5. The number of aryl methyl sites for hydroxylation is 1. The highest BCUT2D eigenvalue weighted by atomic mass is 19.1. The van der Waals surface area contributed by atoms with Crippen LogP contribution in [0.3, 0.4) is 0 Å². The fraction of sp³-hybridized carbons (Fsp3) is 0.395. The van der Waals surface area contributed by atoms with E-state index >= 15 is 0 Å². The molecule has 14 nitrogen and oxygen atoms in total. The minimum Gasteiger partial charge on any atom is -0.497 e. The van der Waals surface area contributed by atoms with Gasteiger partial charge in [0, 0.05) is 57.1 Å². The Balaban J connectivity index is 1.37. The molecule has 4 heterocycles. The average molecular weight is 794 g/mol. The van der Waals surface area contributed by atoms with Crippen molar-refractivity contribution in [3.8, 4) is 28.8 Å². The summed E-state index contributed by atoms with van der Waals surface area (Å²) in [6, 6.07) is 19.1. The molecule has 15 heteroatoms.